The lowest BCUT2D eigenvalue weighted by Gasteiger charge is -2.15. The average molecular weight is 456 g/mol. The first-order chi connectivity index (χ1) is 14.1. The van der Waals surface area contributed by atoms with E-state index in [1.165, 1.54) is 0 Å². The number of rotatable bonds is 8. The van der Waals surface area contributed by atoms with Crippen molar-refractivity contribution in [1.82, 2.24) is 0 Å². The zero-order chi connectivity index (χ0) is 20.6. The highest BCUT2D eigenvalue weighted by molar-refractivity contribution is 9.10. The van der Waals surface area contributed by atoms with E-state index < -0.39 is 0 Å². The summed E-state index contributed by atoms with van der Waals surface area (Å²) in [7, 11) is 1.60. The predicted molar refractivity (Wildman–Crippen MR) is 117 cm³/mol. The van der Waals surface area contributed by atoms with Gasteiger partial charge >= 0.3 is 0 Å². The van der Waals surface area contributed by atoms with Crippen LogP contribution in [0.25, 0.3) is 0 Å². The minimum atomic E-state index is -0.204. The number of benzene rings is 3. The SMILES string of the molecule is CCOc1ccc(C(=O)Nc2cccc(Br)c2)cc1COc1ccccc1OC. The number of ether oxygens (including phenoxy) is 3. The molecule has 0 saturated heterocycles. The van der Waals surface area contributed by atoms with Gasteiger partial charge in [0.15, 0.2) is 11.5 Å². The van der Waals surface area contributed by atoms with Gasteiger partial charge in [-0.15, -0.1) is 0 Å². The van der Waals surface area contributed by atoms with Gasteiger partial charge in [-0.05, 0) is 55.5 Å². The molecule has 1 N–H and O–H groups in total. The molecule has 1 amide bonds. The minimum Gasteiger partial charge on any atom is -0.493 e. The lowest BCUT2D eigenvalue weighted by molar-refractivity contribution is 0.102. The van der Waals surface area contributed by atoms with Crippen LogP contribution >= 0.6 is 15.9 Å². The number of halogens is 1. The summed E-state index contributed by atoms with van der Waals surface area (Å²) in [6, 6.07) is 20.2. The fraction of sp³-hybridized carbons (Fsp3) is 0.174. The molecule has 0 heterocycles. The molecule has 0 aliphatic carbocycles. The molecule has 0 saturated carbocycles. The van der Waals surface area contributed by atoms with Crippen LogP contribution in [0.4, 0.5) is 5.69 Å². The van der Waals surface area contributed by atoms with Gasteiger partial charge in [0.25, 0.3) is 5.91 Å². The van der Waals surface area contributed by atoms with Crippen LogP contribution in [0.5, 0.6) is 17.2 Å². The summed E-state index contributed by atoms with van der Waals surface area (Å²) in [5.74, 6) is 1.75. The maximum Gasteiger partial charge on any atom is 0.255 e. The molecule has 0 fully saturated rings. The van der Waals surface area contributed by atoms with E-state index >= 15 is 0 Å². The molecule has 0 radical (unpaired) electrons. The maximum atomic E-state index is 12.7. The van der Waals surface area contributed by atoms with E-state index in [4.69, 9.17) is 14.2 Å². The van der Waals surface area contributed by atoms with Gasteiger partial charge in [0.2, 0.25) is 0 Å². The third-order valence-corrected chi connectivity index (χ3v) is 4.65. The van der Waals surface area contributed by atoms with Crippen molar-refractivity contribution < 1.29 is 19.0 Å². The largest absolute Gasteiger partial charge is 0.493 e. The number of methoxy groups -OCH3 is 1. The van der Waals surface area contributed by atoms with Crippen LogP contribution in [0.2, 0.25) is 0 Å². The molecule has 0 unspecified atom stereocenters. The summed E-state index contributed by atoms with van der Waals surface area (Å²) in [6.45, 7) is 2.68. The Morgan fingerprint density at radius 2 is 1.72 bits per heavy atom. The average Bonchev–Trinajstić information content (AvgIpc) is 2.73. The topological polar surface area (TPSA) is 56.8 Å². The van der Waals surface area contributed by atoms with E-state index in [0.717, 1.165) is 10.0 Å². The van der Waals surface area contributed by atoms with Crippen molar-refractivity contribution in [3.63, 3.8) is 0 Å². The van der Waals surface area contributed by atoms with Crippen molar-refractivity contribution in [2.24, 2.45) is 0 Å². The molecule has 150 valence electrons. The van der Waals surface area contributed by atoms with Crippen molar-refractivity contribution >= 4 is 27.5 Å². The van der Waals surface area contributed by atoms with Gasteiger partial charge in [0, 0.05) is 21.3 Å². The fourth-order valence-electron chi connectivity index (χ4n) is 2.79. The van der Waals surface area contributed by atoms with E-state index in [-0.39, 0.29) is 12.5 Å². The van der Waals surface area contributed by atoms with Gasteiger partial charge in [-0.3, -0.25) is 4.79 Å². The zero-order valence-corrected chi connectivity index (χ0v) is 17.9. The molecule has 0 aliphatic rings. The molecule has 3 aromatic rings. The summed E-state index contributed by atoms with van der Waals surface area (Å²) in [6.07, 6.45) is 0. The third kappa shape index (κ3) is 5.51. The summed E-state index contributed by atoms with van der Waals surface area (Å²) < 4.78 is 17.8. The van der Waals surface area contributed by atoms with Gasteiger partial charge in [0.05, 0.1) is 13.7 Å². The lowest BCUT2D eigenvalue weighted by Crippen LogP contribution is -2.13. The molecule has 0 aromatic heterocycles. The van der Waals surface area contributed by atoms with Gasteiger partial charge in [-0.1, -0.05) is 34.1 Å². The maximum absolute atomic E-state index is 12.7. The standard InChI is InChI=1S/C23H22BrNO4/c1-3-28-20-12-11-16(23(26)25-19-8-6-7-18(24)14-19)13-17(20)15-29-22-10-5-4-9-21(22)27-2/h4-14H,3,15H2,1-2H3,(H,25,26). The van der Waals surface area contributed by atoms with E-state index in [9.17, 15) is 4.79 Å². The Kier molecular flexibility index (Phi) is 7.14. The molecule has 0 aliphatic heterocycles. The summed E-state index contributed by atoms with van der Waals surface area (Å²) in [5.41, 5.74) is 2.01. The number of hydrogen-bond acceptors (Lipinski definition) is 4. The van der Waals surface area contributed by atoms with Crippen molar-refractivity contribution in [2.45, 2.75) is 13.5 Å². The monoisotopic (exact) mass is 455 g/mol. The highest BCUT2D eigenvalue weighted by Crippen LogP contribution is 2.29. The summed E-state index contributed by atoms with van der Waals surface area (Å²) in [4.78, 5) is 12.7. The van der Waals surface area contributed by atoms with Gasteiger partial charge in [-0.2, -0.15) is 0 Å². The molecule has 3 rings (SSSR count). The Balaban J connectivity index is 1.80. The van der Waals surface area contributed by atoms with E-state index in [1.54, 1.807) is 25.3 Å². The first kappa shape index (κ1) is 20.7. The number of hydrogen-bond donors (Lipinski definition) is 1. The number of carbonyl (C=O) groups excluding carboxylic acids is 1. The first-order valence-electron chi connectivity index (χ1n) is 9.19. The third-order valence-electron chi connectivity index (χ3n) is 4.16. The van der Waals surface area contributed by atoms with Crippen LogP contribution < -0.4 is 19.5 Å². The smallest absolute Gasteiger partial charge is 0.255 e. The van der Waals surface area contributed by atoms with Crippen molar-refractivity contribution in [2.75, 3.05) is 19.0 Å². The Morgan fingerprint density at radius 3 is 2.45 bits per heavy atom. The Bertz CT molecular complexity index is 990. The van der Waals surface area contributed by atoms with Crippen LogP contribution in [-0.4, -0.2) is 19.6 Å². The quantitative estimate of drug-likeness (QED) is 0.474. The fourth-order valence-corrected chi connectivity index (χ4v) is 3.19. The Labute approximate surface area is 178 Å². The van der Waals surface area contributed by atoms with Crippen LogP contribution in [0.3, 0.4) is 0 Å². The molecular weight excluding hydrogens is 434 g/mol. The number of nitrogens with one attached hydrogen (secondary N) is 1. The summed E-state index contributed by atoms with van der Waals surface area (Å²) in [5, 5.41) is 2.90. The molecule has 5 nitrogen and oxygen atoms in total. The second-order valence-electron chi connectivity index (χ2n) is 6.16. The number of anilines is 1. The molecule has 0 atom stereocenters. The Morgan fingerprint density at radius 1 is 0.931 bits per heavy atom. The lowest BCUT2D eigenvalue weighted by atomic mass is 10.1. The molecular formula is C23H22BrNO4. The molecule has 0 spiro atoms. The van der Waals surface area contributed by atoms with Crippen LogP contribution in [-0.2, 0) is 6.61 Å². The molecule has 3 aromatic carbocycles. The van der Waals surface area contributed by atoms with Gasteiger partial charge in [0.1, 0.15) is 12.4 Å². The van der Waals surface area contributed by atoms with Crippen LogP contribution in [0.1, 0.15) is 22.8 Å². The van der Waals surface area contributed by atoms with Crippen LogP contribution in [0, 0.1) is 0 Å². The molecule has 29 heavy (non-hydrogen) atoms. The van der Waals surface area contributed by atoms with Gasteiger partial charge < -0.3 is 19.5 Å². The van der Waals surface area contributed by atoms with Gasteiger partial charge in [-0.25, -0.2) is 0 Å². The highest BCUT2D eigenvalue weighted by Gasteiger charge is 2.13. The normalized spacial score (nSPS) is 10.3. The van der Waals surface area contributed by atoms with Crippen LogP contribution in [0.15, 0.2) is 71.2 Å². The minimum absolute atomic E-state index is 0.204. The summed E-state index contributed by atoms with van der Waals surface area (Å²) >= 11 is 3.41. The highest BCUT2D eigenvalue weighted by atomic mass is 79.9. The first-order valence-corrected chi connectivity index (χ1v) is 9.98. The Hall–Kier alpha value is -2.99. The number of carbonyl (C=O) groups is 1. The molecule has 6 heteroatoms. The second kappa shape index (κ2) is 9.98. The number of amides is 1. The predicted octanol–water partition coefficient (Wildman–Crippen LogP) is 5.69. The van der Waals surface area contributed by atoms with E-state index in [1.807, 2.05) is 55.5 Å². The van der Waals surface area contributed by atoms with E-state index in [2.05, 4.69) is 21.2 Å². The second-order valence-corrected chi connectivity index (χ2v) is 7.08. The van der Waals surface area contributed by atoms with E-state index in [0.29, 0.717) is 35.1 Å². The van der Waals surface area contributed by atoms with Crippen molar-refractivity contribution in [3.05, 3.63) is 82.3 Å². The van der Waals surface area contributed by atoms with Crippen molar-refractivity contribution in [1.29, 1.82) is 0 Å². The number of para-hydroxylation sites is 2. The molecule has 0 bridgehead atoms. The zero-order valence-electron chi connectivity index (χ0n) is 16.3. The van der Waals surface area contributed by atoms with Crippen molar-refractivity contribution in [3.8, 4) is 17.2 Å².